The van der Waals surface area contributed by atoms with E-state index in [1.54, 1.807) is 6.07 Å². The third-order valence-corrected chi connectivity index (χ3v) is 5.39. The van der Waals surface area contributed by atoms with Gasteiger partial charge in [0.2, 0.25) is 0 Å². The zero-order chi connectivity index (χ0) is 21.8. The molecule has 1 amide bonds. The van der Waals surface area contributed by atoms with Crippen LogP contribution in [0.1, 0.15) is 19.4 Å². The van der Waals surface area contributed by atoms with E-state index in [9.17, 15) is 9.18 Å². The number of halogens is 1. The summed E-state index contributed by atoms with van der Waals surface area (Å²) in [7, 11) is 0. The molecule has 6 nitrogen and oxygen atoms in total. The molecule has 0 unspecified atom stereocenters. The molecule has 4 rings (SSSR count). The predicted octanol–water partition coefficient (Wildman–Crippen LogP) is 4.24. The fourth-order valence-corrected chi connectivity index (χ4v) is 3.66. The van der Waals surface area contributed by atoms with Crippen molar-refractivity contribution in [1.29, 1.82) is 0 Å². The minimum atomic E-state index is -0.393. The highest BCUT2D eigenvalue weighted by atomic mass is 19.1. The van der Waals surface area contributed by atoms with E-state index in [0.29, 0.717) is 35.8 Å². The lowest BCUT2D eigenvalue weighted by molar-refractivity contribution is -0.110. The minimum absolute atomic E-state index is 0.292. The van der Waals surface area contributed by atoms with Crippen LogP contribution in [-0.2, 0) is 9.53 Å². The van der Waals surface area contributed by atoms with Gasteiger partial charge in [-0.2, -0.15) is 0 Å². The van der Waals surface area contributed by atoms with Crippen LogP contribution in [-0.4, -0.2) is 43.7 Å². The minimum Gasteiger partial charge on any atom is -0.492 e. The van der Waals surface area contributed by atoms with Crippen molar-refractivity contribution >= 4 is 22.9 Å². The molecule has 2 aliphatic rings. The Balaban J connectivity index is 1.40. The number of hydrogen-bond acceptors (Lipinski definition) is 5. The van der Waals surface area contributed by atoms with Crippen molar-refractivity contribution in [1.82, 2.24) is 4.90 Å². The van der Waals surface area contributed by atoms with Crippen molar-refractivity contribution in [2.24, 2.45) is 0 Å². The standard InChI is InChI=1S/C24H26FN3O3/c1-3-28(4-2)11-12-30-19-8-6-17(7-9-19)26-18-14-22(31-15-18)23-20-10-5-16(25)13-21(20)27-24(23)29/h5-10,13-14,26H,3-4,11-12,15H2,1-2H3,(H,27,29)/b23-22-. The van der Waals surface area contributed by atoms with Crippen LogP contribution in [0.3, 0.4) is 0 Å². The Labute approximate surface area is 181 Å². The molecule has 0 saturated heterocycles. The second-order valence-electron chi connectivity index (χ2n) is 7.37. The van der Waals surface area contributed by atoms with Gasteiger partial charge >= 0.3 is 0 Å². The first kappa shape index (κ1) is 20.9. The summed E-state index contributed by atoms with van der Waals surface area (Å²) >= 11 is 0. The maximum atomic E-state index is 13.4. The van der Waals surface area contributed by atoms with Crippen LogP contribution in [0.5, 0.6) is 5.75 Å². The maximum Gasteiger partial charge on any atom is 0.260 e. The largest absolute Gasteiger partial charge is 0.492 e. The van der Waals surface area contributed by atoms with Crippen LogP contribution in [0.4, 0.5) is 15.8 Å². The van der Waals surface area contributed by atoms with Crippen LogP contribution in [0.15, 0.2) is 60.0 Å². The normalized spacial score (nSPS) is 17.3. The van der Waals surface area contributed by atoms with Crippen molar-refractivity contribution in [2.75, 3.05) is 43.5 Å². The smallest absolute Gasteiger partial charge is 0.260 e. The van der Waals surface area contributed by atoms with Crippen LogP contribution >= 0.6 is 0 Å². The third-order valence-electron chi connectivity index (χ3n) is 5.39. The molecule has 0 bridgehead atoms. The molecule has 2 aromatic carbocycles. The number of nitrogens with one attached hydrogen (secondary N) is 2. The second kappa shape index (κ2) is 9.22. The monoisotopic (exact) mass is 423 g/mol. The van der Waals surface area contributed by atoms with Crippen LogP contribution in [0, 0.1) is 5.82 Å². The van der Waals surface area contributed by atoms with E-state index < -0.39 is 5.82 Å². The molecule has 0 spiro atoms. The summed E-state index contributed by atoms with van der Waals surface area (Å²) < 4.78 is 25.0. The Morgan fingerprint density at radius 2 is 1.94 bits per heavy atom. The topological polar surface area (TPSA) is 62.8 Å². The van der Waals surface area contributed by atoms with E-state index in [1.165, 1.54) is 12.1 Å². The van der Waals surface area contributed by atoms with Crippen molar-refractivity contribution in [3.05, 3.63) is 71.4 Å². The van der Waals surface area contributed by atoms with Gasteiger partial charge in [-0.25, -0.2) is 4.39 Å². The summed E-state index contributed by atoms with van der Waals surface area (Å²) in [4.78, 5) is 14.7. The third kappa shape index (κ3) is 4.72. The SMILES string of the molecule is CCN(CC)CCOc1ccc(NC2=C/C(=C3/C(=O)Nc4cc(F)ccc43)OC2)cc1. The zero-order valence-electron chi connectivity index (χ0n) is 17.7. The molecule has 0 saturated carbocycles. The Bertz CT molecular complexity index is 1030. The van der Waals surface area contributed by atoms with Gasteiger partial charge in [0.15, 0.2) is 0 Å². The summed E-state index contributed by atoms with van der Waals surface area (Å²) in [6.45, 7) is 8.19. The van der Waals surface area contributed by atoms with E-state index in [0.717, 1.165) is 36.8 Å². The number of hydrogen-bond donors (Lipinski definition) is 2. The van der Waals surface area contributed by atoms with Gasteiger partial charge in [-0.3, -0.25) is 4.79 Å². The van der Waals surface area contributed by atoms with E-state index >= 15 is 0 Å². The molecular weight excluding hydrogens is 397 g/mol. The second-order valence-corrected chi connectivity index (χ2v) is 7.37. The molecule has 31 heavy (non-hydrogen) atoms. The molecule has 0 aliphatic carbocycles. The van der Waals surface area contributed by atoms with Gasteiger partial charge in [0.05, 0.1) is 17.0 Å². The van der Waals surface area contributed by atoms with Gasteiger partial charge < -0.3 is 25.0 Å². The maximum absolute atomic E-state index is 13.4. The van der Waals surface area contributed by atoms with Crippen LogP contribution in [0.25, 0.3) is 5.57 Å². The molecule has 162 valence electrons. The number of fused-ring (bicyclic) bond motifs is 1. The number of carbonyl (C=O) groups is 1. The molecular formula is C24H26FN3O3. The highest BCUT2D eigenvalue weighted by Gasteiger charge is 2.30. The van der Waals surface area contributed by atoms with Crippen LogP contribution < -0.4 is 15.4 Å². The number of amides is 1. The molecule has 0 atom stereocenters. The van der Waals surface area contributed by atoms with Gasteiger partial charge in [-0.1, -0.05) is 13.8 Å². The number of nitrogens with zero attached hydrogens (tertiary/aromatic N) is 1. The first-order chi connectivity index (χ1) is 15.1. The van der Waals surface area contributed by atoms with E-state index in [2.05, 4.69) is 29.4 Å². The number of allylic oxidation sites excluding steroid dienone is 1. The van der Waals surface area contributed by atoms with Gasteiger partial charge in [-0.05, 0) is 55.6 Å². The molecule has 2 N–H and O–H groups in total. The van der Waals surface area contributed by atoms with Crippen molar-refractivity contribution in [3.8, 4) is 5.75 Å². The highest BCUT2D eigenvalue weighted by Crippen LogP contribution is 2.36. The number of carbonyl (C=O) groups excluding carboxylic acids is 1. The summed E-state index contributed by atoms with van der Waals surface area (Å²) in [6, 6.07) is 12.0. The van der Waals surface area contributed by atoms with Gasteiger partial charge in [0, 0.05) is 23.9 Å². The predicted molar refractivity (Wildman–Crippen MR) is 119 cm³/mol. The number of likely N-dealkylation sites (N-methyl/N-ethyl adjacent to an activating group) is 1. The molecule has 0 radical (unpaired) electrons. The lowest BCUT2D eigenvalue weighted by atomic mass is 10.1. The molecule has 0 fully saturated rings. The summed E-state index contributed by atoms with van der Waals surface area (Å²) in [5.74, 6) is 0.612. The Kier molecular flexibility index (Phi) is 6.23. The number of benzene rings is 2. The number of anilines is 2. The first-order valence-electron chi connectivity index (χ1n) is 10.5. The molecule has 2 heterocycles. The summed E-state index contributed by atoms with van der Waals surface area (Å²) in [5.41, 5.74) is 3.26. The highest BCUT2D eigenvalue weighted by molar-refractivity contribution is 6.32. The average Bonchev–Trinajstić information content (AvgIpc) is 3.35. The Morgan fingerprint density at radius 3 is 2.68 bits per heavy atom. The average molecular weight is 423 g/mol. The number of rotatable bonds is 8. The Morgan fingerprint density at radius 1 is 1.16 bits per heavy atom. The Hall–Kier alpha value is -3.32. The summed E-state index contributed by atoms with van der Waals surface area (Å²) in [5, 5.41) is 5.99. The zero-order valence-corrected chi connectivity index (χ0v) is 17.7. The van der Waals surface area contributed by atoms with E-state index in [-0.39, 0.29) is 5.91 Å². The van der Waals surface area contributed by atoms with Gasteiger partial charge in [-0.15, -0.1) is 0 Å². The van der Waals surface area contributed by atoms with Gasteiger partial charge in [0.25, 0.3) is 5.91 Å². The van der Waals surface area contributed by atoms with Crippen molar-refractivity contribution < 1.29 is 18.7 Å². The van der Waals surface area contributed by atoms with Crippen molar-refractivity contribution in [3.63, 3.8) is 0 Å². The van der Waals surface area contributed by atoms with Gasteiger partial charge in [0.1, 0.15) is 30.5 Å². The molecule has 2 aromatic rings. The molecule has 0 aromatic heterocycles. The quantitative estimate of drug-likeness (QED) is 0.622. The fourth-order valence-electron chi connectivity index (χ4n) is 3.66. The number of ether oxygens (including phenoxy) is 2. The molecule has 7 heteroatoms. The molecule has 2 aliphatic heterocycles. The summed E-state index contributed by atoms with van der Waals surface area (Å²) in [6.07, 6.45) is 1.81. The lowest BCUT2D eigenvalue weighted by Gasteiger charge is -2.18. The van der Waals surface area contributed by atoms with E-state index in [1.807, 2.05) is 30.3 Å². The first-order valence-corrected chi connectivity index (χ1v) is 10.5. The van der Waals surface area contributed by atoms with Crippen LogP contribution in [0.2, 0.25) is 0 Å². The fraction of sp³-hybridized carbons (Fsp3) is 0.292. The van der Waals surface area contributed by atoms with Crippen molar-refractivity contribution in [2.45, 2.75) is 13.8 Å². The van der Waals surface area contributed by atoms with E-state index in [4.69, 9.17) is 9.47 Å². The lowest BCUT2D eigenvalue weighted by Crippen LogP contribution is -2.27.